The second kappa shape index (κ2) is 3.85. The number of halogens is 1. The predicted molar refractivity (Wildman–Crippen MR) is 76.0 cm³/mol. The highest BCUT2D eigenvalue weighted by Crippen LogP contribution is 2.60. The van der Waals surface area contributed by atoms with Gasteiger partial charge < -0.3 is 5.11 Å². The smallest absolute Gasteiger partial charge is 0.139 e. The van der Waals surface area contributed by atoms with Crippen molar-refractivity contribution in [1.29, 1.82) is 0 Å². The Hall–Kier alpha value is -0.830. The molecule has 0 aromatic heterocycles. The summed E-state index contributed by atoms with van der Waals surface area (Å²) in [5.41, 5.74) is 1.12. The van der Waals surface area contributed by atoms with Crippen LogP contribution >= 0.6 is 15.9 Å². The zero-order chi connectivity index (χ0) is 13.2. The molecule has 4 aliphatic rings. The largest absolute Gasteiger partial charge is 0.508 e. The van der Waals surface area contributed by atoms with E-state index in [0.29, 0.717) is 17.5 Å². The van der Waals surface area contributed by atoms with Gasteiger partial charge in [-0.05, 0) is 56.2 Å². The number of carbonyl (C=O) groups is 1. The minimum Gasteiger partial charge on any atom is -0.508 e. The summed E-state index contributed by atoms with van der Waals surface area (Å²) in [6, 6.07) is 5.72. The molecule has 0 aliphatic heterocycles. The molecule has 3 heteroatoms. The molecule has 1 aromatic carbocycles. The van der Waals surface area contributed by atoms with E-state index in [-0.39, 0.29) is 17.3 Å². The number of ketones is 1. The van der Waals surface area contributed by atoms with Crippen molar-refractivity contribution in [2.45, 2.75) is 37.5 Å². The van der Waals surface area contributed by atoms with E-state index in [1.54, 1.807) is 6.07 Å². The molecule has 0 heterocycles. The highest BCUT2D eigenvalue weighted by atomic mass is 79.9. The van der Waals surface area contributed by atoms with Crippen LogP contribution in [0.1, 0.15) is 37.7 Å². The highest BCUT2D eigenvalue weighted by molar-refractivity contribution is 9.10. The third-order valence-corrected chi connectivity index (χ3v) is 6.02. The maximum absolute atomic E-state index is 12.2. The van der Waals surface area contributed by atoms with Gasteiger partial charge >= 0.3 is 0 Å². The van der Waals surface area contributed by atoms with Crippen LogP contribution in [0.5, 0.6) is 5.75 Å². The van der Waals surface area contributed by atoms with Gasteiger partial charge in [-0.3, -0.25) is 4.79 Å². The number of aromatic hydroxyl groups is 1. The molecular weight excluding hydrogens is 304 g/mol. The van der Waals surface area contributed by atoms with Gasteiger partial charge in [0.15, 0.2) is 0 Å². The van der Waals surface area contributed by atoms with Crippen LogP contribution in [0.3, 0.4) is 0 Å². The van der Waals surface area contributed by atoms with Gasteiger partial charge in [0.1, 0.15) is 11.5 Å². The van der Waals surface area contributed by atoms with Crippen LogP contribution in [0.25, 0.3) is 0 Å². The highest BCUT2D eigenvalue weighted by Gasteiger charge is 2.56. The third kappa shape index (κ3) is 1.63. The fraction of sp³-hybridized carbons (Fsp3) is 0.562. The van der Waals surface area contributed by atoms with Gasteiger partial charge in [-0.25, -0.2) is 0 Å². The number of benzene rings is 1. The Balaban J connectivity index is 1.82. The molecule has 0 saturated heterocycles. The first-order valence-electron chi connectivity index (χ1n) is 7.10. The van der Waals surface area contributed by atoms with Crippen LogP contribution in [0.15, 0.2) is 22.7 Å². The number of Topliss-reactive ketones (excluding diaryl/α,β-unsaturated/α-hetero) is 1. The van der Waals surface area contributed by atoms with Gasteiger partial charge in [0.05, 0.1) is 0 Å². The standard InChI is InChI=1S/C16H17BrO2/c17-12-1-2-14(18)13(5-12)16-6-9-3-10(7-16)15(19)11(4-9)8-16/h1-2,5,9-11,18H,3-4,6-8H2. The zero-order valence-corrected chi connectivity index (χ0v) is 12.3. The van der Waals surface area contributed by atoms with Crippen LogP contribution in [0.4, 0.5) is 0 Å². The first-order chi connectivity index (χ1) is 9.07. The first kappa shape index (κ1) is 12.0. The molecule has 4 aliphatic carbocycles. The molecule has 1 N–H and O–H groups in total. The summed E-state index contributed by atoms with van der Waals surface area (Å²) in [6.45, 7) is 0. The van der Waals surface area contributed by atoms with Crippen molar-refractivity contribution in [3.8, 4) is 5.75 Å². The van der Waals surface area contributed by atoms with Gasteiger partial charge in [-0.2, -0.15) is 0 Å². The normalized spacial score (nSPS) is 39.8. The van der Waals surface area contributed by atoms with Crippen molar-refractivity contribution in [1.82, 2.24) is 0 Å². The Morgan fingerprint density at radius 2 is 1.84 bits per heavy atom. The predicted octanol–water partition coefficient (Wildman–Crippen LogP) is 3.80. The molecular formula is C16H17BrO2. The Kier molecular flexibility index (Phi) is 2.42. The van der Waals surface area contributed by atoms with Crippen molar-refractivity contribution in [2.24, 2.45) is 17.8 Å². The average molecular weight is 321 g/mol. The lowest BCUT2D eigenvalue weighted by Crippen LogP contribution is -2.53. The van der Waals surface area contributed by atoms with Gasteiger partial charge in [-0.1, -0.05) is 15.9 Å². The Morgan fingerprint density at radius 1 is 1.16 bits per heavy atom. The fourth-order valence-electron chi connectivity index (χ4n) is 5.01. The first-order valence-corrected chi connectivity index (χ1v) is 7.89. The van der Waals surface area contributed by atoms with Crippen molar-refractivity contribution < 1.29 is 9.90 Å². The summed E-state index contributed by atoms with van der Waals surface area (Å²) in [4.78, 5) is 12.2. The van der Waals surface area contributed by atoms with Gasteiger partial charge in [0, 0.05) is 27.3 Å². The topological polar surface area (TPSA) is 37.3 Å². The van der Waals surface area contributed by atoms with E-state index in [0.717, 1.165) is 42.1 Å². The number of phenols is 1. The monoisotopic (exact) mass is 320 g/mol. The maximum atomic E-state index is 12.2. The lowest BCUT2D eigenvalue weighted by molar-refractivity contribution is -0.142. The number of rotatable bonds is 1. The summed E-state index contributed by atoms with van der Waals surface area (Å²) in [7, 11) is 0. The van der Waals surface area contributed by atoms with Crippen molar-refractivity contribution >= 4 is 21.7 Å². The molecule has 0 spiro atoms. The second-order valence-electron chi connectivity index (χ2n) is 6.69. The van der Waals surface area contributed by atoms with Crippen LogP contribution in [-0.4, -0.2) is 10.9 Å². The number of phenolic OH excluding ortho intramolecular Hbond substituents is 1. The molecule has 4 fully saturated rings. The van der Waals surface area contributed by atoms with Gasteiger partial charge in [0.2, 0.25) is 0 Å². The molecule has 0 amide bonds. The summed E-state index contributed by atoms with van der Waals surface area (Å²) < 4.78 is 1.02. The van der Waals surface area contributed by atoms with E-state index in [1.165, 1.54) is 0 Å². The molecule has 1 aromatic rings. The molecule has 4 bridgehead atoms. The van der Waals surface area contributed by atoms with Crippen molar-refractivity contribution in [3.63, 3.8) is 0 Å². The van der Waals surface area contributed by atoms with Gasteiger partial charge in [0.25, 0.3) is 0 Å². The molecule has 4 saturated carbocycles. The van der Waals surface area contributed by atoms with E-state index in [4.69, 9.17) is 0 Å². The quantitative estimate of drug-likeness (QED) is 0.854. The van der Waals surface area contributed by atoms with Gasteiger partial charge in [-0.15, -0.1) is 0 Å². The van der Waals surface area contributed by atoms with E-state index < -0.39 is 0 Å². The summed E-state index contributed by atoms with van der Waals surface area (Å²) >= 11 is 3.51. The van der Waals surface area contributed by atoms with Crippen LogP contribution in [0, 0.1) is 17.8 Å². The molecule has 2 nitrogen and oxygen atoms in total. The average Bonchev–Trinajstić information content (AvgIpc) is 2.37. The fourth-order valence-corrected chi connectivity index (χ4v) is 5.37. The summed E-state index contributed by atoms with van der Waals surface area (Å²) in [6.07, 6.45) is 5.22. The van der Waals surface area contributed by atoms with E-state index in [1.807, 2.05) is 6.07 Å². The number of hydrogen-bond acceptors (Lipinski definition) is 2. The second-order valence-corrected chi connectivity index (χ2v) is 7.60. The molecule has 2 unspecified atom stereocenters. The molecule has 19 heavy (non-hydrogen) atoms. The third-order valence-electron chi connectivity index (χ3n) is 5.52. The molecule has 5 rings (SSSR count). The number of hydrogen-bond donors (Lipinski definition) is 1. The lowest BCUT2D eigenvalue weighted by Gasteiger charge is -2.56. The molecule has 0 radical (unpaired) electrons. The van der Waals surface area contributed by atoms with Crippen molar-refractivity contribution in [2.75, 3.05) is 0 Å². The van der Waals surface area contributed by atoms with Crippen LogP contribution in [0.2, 0.25) is 0 Å². The Labute approximate surface area is 121 Å². The molecule has 2 atom stereocenters. The van der Waals surface area contributed by atoms with E-state index >= 15 is 0 Å². The maximum Gasteiger partial charge on any atom is 0.139 e. The summed E-state index contributed by atoms with van der Waals surface area (Å²) in [5.74, 6) is 2.10. The van der Waals surface area contributed by atoms with E-state index in [9.17, 15) is 9.90 Å². The van der Waals surface area contributed by atoms with Crippen LogP contribution < -0.4 is 0 Å². The lowest BCUT2D eigenvalue weighted by atomic mass is 9.47. The minimum atomic E-state index is 0.0538. The SMILES string of the molecule is O=C1C2CC3CC1CC(c1cc(Br)ccc1O)(C3)C2. The Bertz CT molecular complexity index is 548. The zero-order valence-electron chi connectivity index (χ0n) is 10.7. The number of carbonyl (C=O) groups excluding carboxylic acids is 1. The van der Waals surface area contributed by atoms with E-state index in [2.05, 4.69) is 22.0 Å². The Morgan fingerprint density at radius 3 is 2.53 bits per heavy atom. The van der Waals surface area contributed by atoms with Crippen LogP contribution in [-0.2, 0) is 10.2 Å². The summed E-state index contributed by atoms with van der Waals surface area (Å²) in [5, 5.41) is 10.3. The molecule has 100 valence electrons. The minimum absolute atomic E-state index is 0.0538. The van der Waals surface area contributed by atoms with Crippen molar-refractivity contribution in [3.05, 3.63) is 28.2 Å².